The van der Waals surface area contributed by atoms with Gasteiger partial charge in [0.15, 0.2) is 18.9 Å². The van der Waals surface area contributed by atoms with Crippen LogP contribution in [0.1, 0.15) is 0 Å². The number of amides is 1. The lowest BCUT2D eigenvalue weighted by molar-refractivity contribution is -0.689. The summed E-state index contributed by atoms with van der Waals surface area (Å²) >= 11 is 4.61. The molecule has 3 rings (SSSR count). The number of carboxylic acids is 1. The van der Waals surface area contributed by atoms with Gasteiger partial charge in [0, 0.05) is 23.5 Å². The Morgan fingerprint density at radius 1 is 1.52 bits per heavy atom. The van der Waals surface area contributed by atoms with Crippen LogP contribution in [0, 0.1) is 10.7 Å². The highest BCUT2D eigenvalue weighted by Crippen LogP contribution is 2.39. The predicted octanol–water partition coefficient (Wildman–Crippen LogP) is -0.0475. The topological polar surface area (TPSA) is 111 Å². The molecule has 23 heavy (non-hydrogen) atoms. The largest absolute Gasteiger partial charge is 0.477 e. The summed E-state index contributed by atoms with van der Waals surface area (Å²) < 4.78 is 1.89. The van der Waals surface area contributed by atoms with Crippen molar-refractivity contribution < 1.29 is 19.3 Å². The standard InChI is InChI=1S/C13H13N3O3S.CHNS/c14-9-11(17)16-10(13(18)19)8(7-20-12(9)16)6-15-4-2-1-3-5-15;2-1-3/h1-5,9,12H,6-7,14H2;3H/p+1/t9?,12-;/m1./s1. The van der Waals surface area contributed by atoms with Gasteiger partial charge in [-0.1, -0.05) is 18.7 Å². The smallest absolute Gasteiger partial charge is 0.352 e. The van der Waals surface area contributed by atoms with Crippen LogP contribution in [0.5, 0.6) is 0 Å². The summed E-state index contributed by atoms with van der Waals surface area (Å²) in [5, 5.41) is 17.8. The second-order valence-corrected chi connectivity index (χ2v) is 6.15. The van der Waals surface area contributed by atoms with Crippen molar-refractivity contribution in [3.63, 3.8) is 0 Å². The fourth-order valence-electron chi connectivity index (χ4n) is 2.46. The van der Waals surface area contributed by atoms with Gasteiger partial charge in [0.2, 0.25) is 5.91 Å². The number of nitriles is 1. The number of nitrogens with zero attached hydrogens (tertiary/aromatic N) is 3. The molecule has 9 heteroatoms. The third kappa shape index (κ3) is 3.50. The second-order valence-electron chi connectivity index (χ2n) is 4.84. The number of carbonyl (C=O) groups is 2. The van der Waals surface area contributed by atoms with E-state index in [1.807, 2.05) is 35.2 Å². The van der Waals surface area contributed by atoms with Crippen LogP contribution in [-0.4, -0.2) is 39.1 Å². The van der Waals surface area contributed by atoms with Crippen LogP contribution in [0.2, 0.25) is 0 Å². The molecule has 2 aliphatic rings. The van der Waals surface area contributed by atoms with E-state index in [0.29, 0.717) is 12.3 Å². The van der Waals surface area contributed by atoms with E-state index < -0.39 is 12.0 Å². The van der Waals surface area contributed by atoms with Gasteiger partial charge in [-0.2, -0.15) is 5.26 Å². The molecule has 0 saturated carbocycles. The molecule has 1 saturated heterocycles. The number of carbonyl (C=O) groups excluding carboxylic acids is 1. The highest BCUT2D eigenvalue weighted by molar-refractivity contribution is 8.00. The number of thioether (sulfide) groups is 1. The molecule has 0 aromatic carbocycles. The number of rotatable bonds is 3. The second kappa shape index (κ2) is 7.50. The molecule has 1 amide bonds. The van der Waals surface area contributed by atoms with Gasteiger partial charge in [-0.3, -0.25) is 9.69 Å². The number of carboxylic acid groups (broad SMARTS) is 1. The molecule has 2 atom stereocenters. The zero-order chi connectivity index (χ0) is 17.0. The van der Waals surface area contributed by atoms with Gasteiger partial charge >= 0.3 is 5.97 Å². The fraction of sp³-hybridized carbons (Fsp3) is 0.286. The zero-order valence-electron chi connectivity index (χ0n) is 12.0. The Labute approximate surface area is 142 Å². The third-order valence-corrected chi connectivity index (χ3v) is 4.80. The molecule has 0 bridgehead atoms. The first-order chi connectivity index (χ1) is 11.0. The zero-order valence-corrected chi connectivity index (χ0v) is 13.7. The van der Waals surface area contributed by atoms with Crippen molar-refractivity contribution in [3.05, 3.63) is 41.9 Å². The average Bonchev–Trinajstić information content (AvgIpc) is 2.55. The average molecular weight is 351 g/mol. The van der Waals surface area contributed by atoms with Gasteiger partial charge in [-0.15, -0.1) is 11.8 Å². The Kier molecular flexibility index (Phi) is 5.65. The van der Waals surface area contributed by atoms with Crippen LogP contribution in [0.25, 0.3) is 0 Å². The van der Waals surface area contributed by atoms with Crippen molar-refractivity contribution in [1.29, 1.82) is 5.26 Å². The monoisotopic (exact) mass is 351 g/mol. The summed E-state index contributed by atoms with van der Waals surface area (Å²) in [5.74, 6) is -0.802. The Bertz CT molecular complexity index is 687. The molecule has 1 unspecified atom stereocenters. The Morgan fingerprint density at radius 3 is 2.70 bits per heavy atom. The summed E-state index contributed by atoms with van der Waals surface area (Å²) in [4.78, 5) is 24.6. The molecule has 0 aliphatic carbocycles. The quantitative estimate of drug-likeness (QED) is 0.305. The lowest BCUT2D eigenvalue weighted by Crippen LogP contribution is -2.68. The van der Waals surface area contributed by atoms with E-state index in [9.17, 15) is 14.7 Å². The predicted molar refractivity (Wildman–Crippen MR) is 87.0 cm³/mol. The van der Waals surface area contributed by atoms with Crippen molar-refractivity contribution in [2.24, 2.45) is 5.73 Å². The van der Waals surface area contributed by atoms with Gasteiger partial charge in [0.05, 0.1) is 0 Å². The minimum atomic E-state index is -1.07. The highest BCUT2D eigenvalue weighted by Gasteiger charge is 2.52. The number of aromatic nitrogens is 1. The number of β-lactam (4-membered cyclic amide) rings is 1. The van der Waals surface area contributed by atoms with Gasteiger partial charge < -0.3 is 10.8 Å². The summed E-state index contributed by atoms with van der Waals surface area (Å²) in [6.07, 6.45) is 3.74. The molecule has 120 valence electrons. The normalized spacial score (nSPS) is 22.3. The molecular formula is C14H15N4O3S2+. The first-order valence-electron chi connectivity index (χ1n) is 6.64. The first kappa shape index (κ1) is 17.3. The van der Waals surface area contributed by atoms with E-state index in [4.69, 9.17) is 11.0 Å². The van der Waals surface area contributed by atoms with Gasteiger partial charge in [-0.25, -0.2) is 9.36 Å². The van der Waals surface area contributed by atoms with Gasteiger partial charge in [0.25, 0.3) is 0 Å². The van der Waals surface area contributed by atoms with Crippen molar-refractivity contribution in [2.75, 3.05) is 5.75 Å². The van der Waals surface area contributed by atoms with Crippen LogP contribution in [-0.2, 0) is 16.1 Å². The molecule has 3 N–H and O–H groups in total. The lowest BCUT2D eigenvalue weighted by atomic mass is 10.0. The molecule has 1 fully saturated rings. The van der Waals surface area contributed by atoms with E-state index >= 15 is 0 Å². The Balaban J connectivity index is 0.000000595. The van der Waals surface area contributed by atoms with Crippen molar-refractivity contribution in [2.45, 2.75) is 18.0 Å². The SMILES string of the molecule is N#CS.NC1C(=O)N2C(C(=O)O)=C(C[n+]3ccccc3)CS[C@H]12. The van der Waals surface area contributed by atoms with Crippen LogP contribution in [0.4, 0.5) is 0 Å². The minimum absolute atomic E-state index is 0.0943. The number of thiol groups is 1. The van der Waals surface area contributed by atoms with Crippen LogP contribution in [0.3, 0.4) is 0 Å². The number of hydrogen-bond donors (Lipinski definition) is 3. The van der Waals surface area contributed by atoms with Crippen molar-refractivity contribution in [1.82, 2.24) is 4.90 Å². The minimum Gasteiger partial charge on any atom is -0.477 e. The van der Waals surface area contributed by atoms with Gasteiger partial charge in [0.1, 0.15) is 22.5 Å². The molecular weight excluding hydrogens is 336 g/mol. The van der Waals surface area contributed by atoms with E-state index in [2.05, 4.69) is 12.6 Å². The molecule has 2 aliphatic heterocycles. The van der Waals surface area contributed by atoms with Gasteiger partial charge in [-0.05, 0) is 0 Å². The summed E-state index contributed by atoms with van der Waals surface area (Å²) in [7, 11) is 0. The van der Waals surface area contributed by atoms with Crippen LogP contribution < -0.4 is 10.3 Å². The Morgan fingerprint density at radius 2 is 2.13 bits per heavy atom. The molecule has 7 nitrogen and oxygen atoms in total. The number of nitrogens with two attached hydrogens (primary N) is 1. The molecule has 0 spiro atoms. The van der Waals surface area contributed by atoms with Crippen molar-refractivity contribution in [3.8, 4) is 5.40 Å². The summed E-state index contributed by atoms with van der Waals surface area (Å²) in [6, 6.07) is 5.07. The third-order valence-electron chi connectivity index (χ3n) is 3.44. The number of aliphatic carboxylic acids is 1. The lowest BCUT2D eigenvalue weighted by Gasteiger charge is -2.47. The highest BCUT2D eigenvalue weighted by atomic mass is 32.2. The number of fused-ring (bicyclic) bond motifs is 1. The maximum absolute atomic E-state index is 11.8. The van der Waals surface area contributed by atoms with E-state index in [1.165, 1.54) is 22.1 Å². The number of thiocyanates is 1. The molecule has 1 aromatic rings. The Hall–Kier alpha value is -2.02. The molecule has 0 radical (unpaired) electrons. The number of pyridine rings is 1. The van der Waals surface area contributed by atoms with Crippen LogP contribution in [0.15, 0.2) is 41.9 Å². The fourth-order valence-corrected chi connectivity index (χ4v) is 3.74. The van der Waals surface area contributed by atoms with Crippen LogP contribution >= 0.6 is 24.4 Å². The van der Waals surface area contributed by atoms with E-state index in [0.717, 1.165) is 5.57 Å². The van der Waals surface area contributed by atoms with Crippen molar-refractivity contribution >= 4 is 36.3 Å². The molecule has 3 heterocycles. The summed E-state index contributed by atoms with van der Waals surface area (Å²) in [6.45, 7) is 0.460. The maximum atomic E-state index is 11.8. The first-order valence-corrected chi connectivity index (χ1v) is 8.13. The summed E-state index contributed by atoms with van der Waals surface area (Å²) in [5.41, 5.74) is 6.53. The van der Waals surface area contributed by atoms with E-state index in [1.54, 1.807) is 0 Å². The molecule has 1 aromatic heterocycles. The van der Waals surface area contributed by atoms with E-state index in [-0.39, 0.29) is 17.0 Å². The number of hydrogen-bond acceptors (Lipinski definition) is 6. The maximum Gasteiger partial charge on any atom is 0.352 e.